The smallest absolute Gasteiger partial charge is 0.137 e. The van der Waals surface area contributed by atoms with Crippen molar-refractivity contribution in [3.63, 3.8) is 0 Å². The molecule has 1 aromatic heterocycles. The maximum absolute atomic E-state index is 13.8. The Morgan fingerprint density at radius 3 is 2.50 bits per heavy atom. The summed E-state index contributed by atoms with van der Waals surface area (Å²) in [6.45, 7) is 1.99. The Hall–Kier alpha value is -2.13. The fourth-order valence-electron chi connectivity index (χ4n) is 2.41. The lowest BCUT2D eigenvalue weighted by Crippen LogP contribution is -2.00. The predicted octanol–water partition coefficient (Wildman–Crippen LogP) is 4.22. The van der Waals surface area contributed by atoms with Gasteiger partial charge in [-0.1, -0.05) is 37.3 Å². The summed E-state index contributed by atoms with van der Waals surface area (Å²) in [5, 5.41) is 11.7. The fraction of sp³-hybridized carbons (Fsp3) is 0.176. The SMILES string of the molecule is CCc1ccc(C(O)c2ccc(F)c3ccccc23)o1. The van der Waals surface area contributed by atoms with Gasteiger partial charge in [0.2, 0.25) is 0 Å². The lowest BCUT2D eigenvalue weighted by Gasteiger charge is -2.12. The number of aliphatic hydroxyl groups excluding tert-OH is 1. The van der Waals surface area contributed by atoms with E-state index in [4.69, 9.17) is 4.42 Å². The summed E-state index contributed by atoms with van der Waals surface area (Å²) in [6, 6.07) is 13.7. The first-order valence-corrected chi connectivity index (χ1v) is 6.64. The Balaban J connectivity index is 2.12. The second-order valence-corrected chi connectivity index (χ2v) is 4.74. The normalized spacial score (nSPS) is 12.8. The second-order valence-electron chi connectivity index (χ2n) is 4.74. The third-order valence-corrected chi connectivity index (χ3v) is 3.50. The van der Waals surface area contributed by atoms with Crippen molar-refractivity contribution in [3.8, 4) is 0 Å². The summed E-state index contributed by atoms with van der Waals surface area (Å²) in [7, 11) is 0. The van der Waals surface area contributed by atoms with Gasteiger partial charge in [-0.05, 0) is 29.1 Å². The minimum atomic E-state index is -0.888. The van der Waals surface area contributed by atoms with E-state index < -0.39 is 6.10 Å². The molecular formula is C17H15FO2. The van der Waals surface area contributed by atoms with E-state index in [1.54, 1.807) is 30.3 Å². The van der Waals surface area contributed by atoms with Gasteiger partial charge in [0.15, 0.2) is 0 Å². The summed E-state index contributed by atoms with van der Waals surface area (Å²) in [6.07, 6.45) is -0.113. The van der Waals surface area contributed by atoms with Gasteiger partial charge in [0.1, 0.15) is 23.4 Å². The van der Waals surface area contributed by atoms with Crippen LogP contribution in [0, 0.1) is 5.82 Å². The molecule has 1 atom stereocenters. The number of hydrogen-bond acceptors (Lipinski definition) is 2. The maximum atomic E-state index is 13.8. The van der Waals surface area contributed by atoms with Crippen molar-refractivity contribution in [1.82, 2.24) is 0 Å². The second kappa shape index (κ2) is 5.10. The van der Waals surface area contributed by atoms with E-state index >= 15 is 0 Å². The maximum Gasteiger partial charge on any atom is 0.137 e. The molecular weight excluding hydrogens is 255 g/mol. The van der Waals surface area contributed by atoms with Gasteiger partial charge >= 0.3 is 0 Å². The van der Waals surface area contributed by atoms with Crippen molar-refractivity contribution < 1.29 is 13.9 Å². The Bertz CT molecular complexity index is 746. The van der Waals surface area contributed by atoms with E-state index in [-0.39, 0.29) is 5.82 Å². The zero-order chi connectivity index (χ0) is 14.1. The van der Waals surface area contributed by atoms with Crippen molar-refractivity contribution in [3.05, 3.63) is 71.4 Å². The van der Waals surface area contributed by atoms with Crippen molar-refractivity contribution in [2.45, 2.75) is 19.4 Å². The molecule has 3 aromatic rings. The number of aryl methyl sites for hydroxylation is 1. The monoisotopic (exact) mass is 270 g/mol. The number of halogens is 1. The Morgan fingerprint density at radius 1 is 1.05 bits per heavy atom. The molecule has 2 nitrogen and oxygen atoms in total. The van der Waals surface area contributed by atoms with Crippen LogP contribution in [0.1, 0.15) is 30.1 Å². The number of fused-ring (bicyclic) bond motifs is 1. The Kier molecular flexibility index (Phi) is 3.28. The van der Waals surface area contributed by atoms with E-state index in [0.717, 1.165) is 12.2 Å². The Labute approximate surface area is 116 Å². The number of rotatable bonds is 3. The predicted molar refractivity (Wildman–Crippen MR) is 76.1 cm³/mol. The van der Waals surface area contributed by atoms with Crippen LogP contribution in [-0.2, 0) is 6.42 Å². The minimum absolute atomic E-state index is 0.287. The van der Waals surface area contributed by atoms with Crippen LogP contribution in [0.15, 0.2) is 52.9 Å². The van der Waals surface area contributed by atoms with Crippen LogP contribution < -0.4 is 0 Å². The van der Waals surface area contributed by atoms with Crippen LogP contribution in [0.25, 0.3) is 10.8 Å². The average Bonchev–Trinajstić information content (AvgIpc) is 2.96. The van der Waals surface area contributed by atoms with Crippen molar-refractivity contribution in [1.29, 1.82) is 0 Å². The van der Waals surface area contributed by atoms with Crippen LogP contribution >= 0.6 is 0 Å². The molecule has 2 aromatic carbocycles. The number of aliphatic hydroxyl groups is 1. The highest BCUT2D eigenvalue weighted by Crippen LogP contribution is 2.31. The van der Waals surface area contributed by atoms with Crippen LogP contribution in [0.3, 0.4) is 0 Å². The quantitative estimate of drug-likeness (QED) is 0.773. The highest BCUT2D eigenvalue weighted by atomic mass is 19.1. The van der Waals surface area contributed by atoms with Gasteiger partial charge in [0.05, 0.1) is 0 Å². The first-order chi connectivity index (χ1) is 9.70. The largest absolute Gasteiger partial charge is 0.463 e. The van der Waals surface area contributed by atoms with Crippen LogP contribution in [0.5, 0.6) is 0 Å². The number of hydrogen-bond donors (Lipinski definition) is 1. The van der Waals surface area contributed by atoms with Gasteiger partial charge in [-0.25, -0.2) is 4.39 Å². The van der Waals surface area contributed by atoms with Gasteiger partial charge < -0.3 is 9.52 Å². The molecule has 0 amide bonds. The minimum Gasteiger partial charge on any atom is -0.463 e. The van der Waals surface area contributed by atoms with E-state index in [2.05, 4.69) is 0 Å². The molecule has 0 aliphatic carbocycles. The van der Waals surface area contributed by atoms with E-state index in [0.29, 0.717) is 22.1 Å². The third-order valence-electron chi connectivity index (χ3n) is 3.50. The third kappa shape index (κ3) is 2.10. The van der Waals surface area contributed by atoms with Crippen LogP contribution in [0.4, 0.5) is 4.39 Å². The molecule has 20 heavy (non-hydrogen) atoms. The average molecular weight is 270 g/mol. The first-order valence-electron chi connectivity index (χ1n) is 6.64. The molecule has 3 heteroatoms. The molecule has 3 rings (SSSR count). The lowest BCUT2D eigenvalue weighted by atomic mass is 9.99. The van der Waals surface area contributed by atoms with Gasteiger partial charge in [-0.3, -0.25) is 0 Å². The molecule has 0 fully saturated rings. The zero-order valence-corrected chi connectivity index (χ0v) is 11.1. The molecule has 0 bridgehead atoms. The van der Waals surface area contributed by atoms with Gasteiger partial charge in [-0.2, -0.15) is 0 Å². The van der Waals surface area contributed by atoms with Crippen LogP contribution in [-0.4, -0.2) is 5.11 Å². The molecule has 0 aliphatic rings. The molecule has 0 saturated heterocycles. The summed E-state index contributed by atoms with van der Waals surface area (Å²) in [5.41, 5.74) is 0.652. The van der Waals surface area contributed by atoms with E-state index in [9.17, 15) is 9.50 Å². The van der Waals surface area contributed by atoms with Crippen molar-refractivity contribution >= 4 is 10.8 Å². The molecule has 1 unspecified atom stereocenters. The summed E-state index contributed by atoms with van der Waals surface area (Å²) in [5.74, 6) is 1.02. The number of benzene rings is 2. The Morgan fingerprint density at radius 2 is 1.80 bits per heavy atom. The van der Waals surface area contributed by atoms with E-state index in [1.165, 1.54) is 6.07 Å². The molecule has 0 spiro atoms. The summed E-state index contributed by atoms with van der Waals surface area (Å²) >= 11 is 0. The summed E-state index contributed by atoms with van der Waals surface area (Å²) in [4.78, 5) is 0. The standard InChI is InChI=1S/C17H15FO2/c1-2-11-7-10-16(20-11)17(19)14-8-9-15(18)13-6-4-3-5-12(13)14/h3-10,17,19H,2H2,1H3. The first kappa shape index (κ1) is 12.9. The highest BCUT2D eigenvalue weighted by Gasteiger charge is 2.18. The summed E-state index contributed by atoms with van der Waals surface area (Å²) < 4.78 is 19.4. The molecule has 102 valence electrons. The van der Waals surface area contributed by atoms with Gasteiger partial charge in [0, 0.05) is 11.8 Å². The number of furan rings is 1. The molecule has 0 saturated carbocycles. The van der Waals surface area contributed by atoms with E-state index in [1.807, 2.05) is 19.1 Å². The molecule has 1 heterocycles. The molecule has 1 N–H and O–H groups in total. The van der Waals surface area contributed by atoms with Crippen molar-refractivity contribution in [2.24, 2.45) is 0 Å². The van der Waals surface area contributed by atoms with Crippen molar-refractivity contribution in [2.75, 3.05) is 0 Å². The fourth-order valence-corrected chi connectivity index (χ4v) is 2.41. The van der Waals surface area contributed by atoms with Gasteiger partial charge in [0.25, 0.3) is 0 Å². The molecule has 0 radical (unpaired) electrons. The topological polar surface area (TPSA) is 33.4 Å². The van der Waals surface area contributed by atoms with Gasteiger partial charge in [-0.15, -0.1) is 0 Å². The zero-order valence-electron chi connectivity index (χ0n) is 11.1. The lowest BCUT2D eigenvalue weighted by molar-refractivity contribution is 0.188. The van der Waals surface area contributed by atoms with Crippen LogP contribution in [0.2, 0.25) is 0 Å². The molecule has 0 aliphatic heterocycles. The highest BCUT2D eigenvalue weighted by molar-refractivity contribution is 5.86.